The van der Waals surface area contributed by atoms with Crippen molar-refractivity contribution < 1.29 is 0 Å². The van der Waals surface area contributed by atoms with Crippen LogP contribution in [0.2, 0.25) is 0 Å². The van der Waals surface area contributed by atoms with Gasteiger partial charge in [-0.2, -0.15) is 5.26 Å². The quantitative estimate of drug-likeness (QED) is 0.649. The van der Waals surface area contributed by atoms with Gasteiger partial charge in [0.15, 0.2) is 5.82 Å². The summed E-state index contributed by atoms with van der Waals surface area (Å²) >= 11 is 1.46. The molecule has 3 heterocycles. The predicted octanol–water partition coefficient (Wildman–Crippen LogP) is 4.23. The normalized spacial score (nSPS) is 15.9. The molecule has 2 aromatic heterocycles. The van der Waals surface area contributed by atoms with Crippen LogP contribution in [0, 0.1) is 11.3 Å². The summed E-state index contributed by atoms with van der Waals surface area (Å²) in [6, 6.07) is 16.1. The van der Waals surface area contributed by atoms with Crippen LogP contribution in [0.3, 0.4) is 0 Å². The Bertz CT molecular complexity index is 955. The Kier molecular flexibility index (Phi) is 5.70. The number of hydrogen-bond acceptors (Lipinski definition) is 6. The van der Waals surface area contributed by atoms with Crippen LogP contribution in [0.5, 0.6) is 0 Å². The molecule has 0 amide bonds. The zero-order chi connectivity index (χ0) is 19.3. The summed E-state index contributed by atoms with van der Waals surface area (Å²) < 4.78 is 2.13. The first kappa shape index (κ1) is 18.7. The summed E-state index contributed by atoms with van der Waals surface area (Å²) in [5.41, 5.74) is 1.59. The van der Waals surface area contributed by atoms with Crippen LogP contribution in [0.4, 0.5) is 0 Å². The highest BCUT2D eigenvalue weighted by atomic mass is 32.2. The number of nitrogens with zero attached hydrogens (tertiary/aromatic N) is 6. The molecule has 1 aromatic carbocycles. The van der Waals surface area contributed by atoms with Gasteiger partial charge in [0.05, 0.1) is 11.6 Å². The average molecular weight is 391 g/mol. The van der Waals surface area contributed by atoms with Gasteiger partial charge in [0, 0.05) is 11.9 Å². The fourth-order valence-electron chi connectivity index (χ4n) is 3.51. The fraction of sp³-hybridized carbons (Fsp3) is 0.333. The zero-order valence-corrected chi connectivity index (χ0v) is 16.6. The third-order valence-corrected chi connectivity index (χ3v) is 5.94. The maximum absolute atomic E-state index is 8.97. The first-order valence-electron chi connectivity index (χ1n) is 9.55. The van der Waals surface area contributed by atoms with E-state index in [0.717, 1.165) is 34.8 Å². The molecule has 0 bridgehead atoms. The van der Waals surface area contributed by atoms with E-state index in [1.165, 1.54) is 31.0 Å². The zero-order valence-electron chi connectivity index (χ0n) is 15.8. The smallest absolute Gasteiger partial charge is 0.202 e. The van der Waals surface area contributed by atoms with Gasteiger partial charge in [-0.1, -0.05) is 24.6 Å². The highest BCUT2D eigenvalue weighted by molar-refractivity contribution is 7.99. The number of piperidine rings is 1. The Labute approximate surface area is 169 Å². The topological polar surface area (TPSA) is 70.6 Å². The molecule has 1 atom stereocenters. The summed E-state index contributed by atoms with van der Waals surface area (Å²) in [6.45, 7) is 4.41. The standard InChI is InChI=1S/C21H22N6S/c1-16(26-12-6-3-7-13-26)20-24-25-21(27(20)18-8-4-2-5-9-18)28-19-11-10-17(14-22)15-23-19/h2,4-5,8-11,15-16H,3,6-7,12-13H2,1H3. The number of hydrogen-bond donors (Lipinski definition) is 0. The number of rotatable bonds is 5. The first-order chi connectivity index (χ1) is 13.8. The van der Waals surface area contributed by atoms with Crippen molar-refractivity contribution in [3.05, 3.63) is 60.0 Å². The molecule has 0 aliphatic carbocycles. The van der Waals surface area contributed by atoms with Crippen molar-refractivity contribution in [1.29, 1.82) is 5.26 Å². The van der Waals surface area contributed by atoms with Crippen LogP contribution in [0.25, 0.3) is 5.69 Å². The molecule has 7 heteroatoms. The third kappa shape index (κ3) is 3.93. The van der Waals surface area contributed by atoms with Crippen LogP contribution in [-0.4, -0.2) is 37.7 Å². The van der Waals surface area contributed by atoms with Gasteiger partial charge in [0.2, 0.25) is 5.16 Å². The molecule has 0 spiro atoms. The molecule has 142 valence electrons. The fourth-order valence-corrected chi connectivity index (χ4v) is 4.31. The molecule has 1 saturated heterocycles. The van der Waals surface area contributed by atoms with Crippen molar-refractivity contribution in [2.75, 3.05) is 13.1 Å². The maximum atomic E-state index is 8.97. The van der Waals surface area contributed by atoms with E-state index < -0.39 is 0 Å². The van der Waals surface area contributed by atoms with E-state index in [9.17, 15) is 0 Å². The summed E-state index contributed by atoms with van der Waals surface area (Å²) in [6.07, 6.45) is 5.37. The van der Waals surface area contributed by atoms with Gasteiger partial charge in [-0.3, -0.25) is 9.47 Å². The van der Waals surface area contributed by atoms with Crippen LogP contribution < -0.4 is 0 Å². The van der Waals surface area contributed by atoms with E-state index in [4.69, 9.17) is 5.26 Å². The second-order valence-electron chi connectivity index (χ2n) is 6.88. The Balaban J connectivity index is 1.70. The van der Waals surface area contributed by atoms with Crippen molar-refractivity contribution in [3.8, 4) is 11.8 Å². The van der Waals surface area contributed by atoms with Crippen LogP contribution >= 0.6 is 11.8 Å². The van der Waals surface area contributed by atoms with Gasteiger partial charge < -0.3 is 0 Å². The number of nitriles is 1. The van der Waals surface area contributed by atoms with E-state index in [2.05, 4.69) is 49.8 Å². The third-order valence-electron chi connectivity index (χ3n) is 5.05. The van der Waals surface area contributed by atoms with Gasteiger partial charge >= 0.3 is 0 Å². The van der Waals surface area contributed by atoms with Crippen molar-refractivity contribution in [2.24, 2.45) is 0 Å². The highest BCUT2D eigenvalue weighted by Crippen LogP contribution is 2.31. The molecule has 0 saturated carbocycles. The first-order valence-corrected chi connectivity index (χ1v) is 10.4. The summed E-state index contributed by atoms with van der Waals surface area (Å²) in [5.74, 6) is 0.948. The van der Waals surface area contributed by atoms with Crippen molar-refractivity contribution in [2.45, 2.75) is 42.4 Å². The molecule has 1 aliphatic heterocycles. The number of aromatic nitrogens is 4. The second kappa shape index (κ2) is 8.55. The monoisotopic (exact) mass is 390 g/mol. The number of benzene rings is 1. The minimum absolute atomic E-state index is 0.191. The molecule has 0 radical (unpaired) electrons. The Morgan fingerprint density at radius 2 is 1.82 bits per heavy atom. The van der Waals surface area contributed by atoms with Crippen molar-refractivity contribution in [3.63, 3.8) is 0 Å². The van der Waals surface area contributed by atoms with Gasteiger partial charge in [-0.05, 0) is 68.9 Å². The number of pyridine rings is 1. The van der Waals surface area contributed by atoms with Gasteiger partial charge in [-0.15, -0.1) is 10.2 Å². The van der Waals surface area contributed by atoms with Crippen LogP contribution in [-0.2, 0) is 0 Å². The molecule has 6 nitrogen and oxygen atoms in total. The lowest BCUT2D eigenvalue weighted by atomic mass is 10.1. The van der Waals surface area contributed by atoms with Crippen molar-refractivity contribution >= 4 is 11.8 Å². The Hall–Kier alpha value is -2.69. The molecular formula is C21H22N6S. The SMILES string of the molecule is CC(c1nnc(Sc2ccc(C#N)cn2)n1-c1ccccc1)N1CCCCC1. The lowest BCUT2D eigenvalue weighted by Crippen LogP contribution is -2.33. The number of para-hydroxylation sites is 1. The van der Waals surface area contributed by atoms with Gasteiger partial charge in [-0.25, -0.2) is 4.98 Å². The summed E-state index contributed by atoms with van der Waals surface area (Å²) in [4.78, 5) is 6.86. The maximum Gasteiger partial charge on any atom is 0.202 e. The van der Waals surface area contributed by atoms with E-state index in [0.29, 0.717) is 5.56 Å². The van der Waals surface area contributed by atoms with Gasteiger partial charge in [0.1, 0.15) is 11.1 Å². The summed E-state index contributed by atoms with van der Waals surface area (Å²) in [7, 11) is 0. The average Bonchev–Trinajstić information content (AvgIpc) is 3.18. The van der Waals surface area contributed by atoms with Gasteiger partial charge in [0.25, 0.3) is 0 Å². The lowest BCUT2D eigenvalue weighted by molar-refractivity contribution is 0.167. The minimum Gasteiger partial charge on any atom is -0.294 e. The van der Waals surface area contributed by atoms with E-state index in [-0.39, 0.29) is 6.04 Å². The molecule has 1 fully saturated rings. The molecule has 1 aliphatic rings. The molecule has 4 rings (SSSR count). The summed E-state index contributed by atoms with van der Waals surface area (Å²) in [5, 5.41) is 19.6. The number of likely N-dealkylation sites (tertiary alicyclic amines) is 1. The molecule has 28 heavy (non-hydrogen) atoms. The molecule has 3 aromatic rings. The van der Waals surface area contributed by atoms with E-state index in [1.807, 2.05) is 24.3 Å². The van der Waals surface area contributed by atoms with Crippen LogP contribution in [0.15, 0.2) is 58.8 Å². The largest absolute Gasteiger partial charge is 0.294 e. The molecular weight excluding hydrogens is 368 g/mol. The Morgan fingerprint density at radius 3 is 2.50 bits per heavy atom. The molecule has 0 N–H and O–H groups in total. The molecule has 1 unspecified atom stereocenters. The second-order valence-corrected chi connectivity index (χ2v) is 7.87. The van der Waals surface area contributed by atoms with Crippen molar-refractivity contribution in [1.82, 2.24) is 24.6 Å². The predicted molar refractivity (Wildman–Crippen MR) is 108 cm³/mol. The lowest BCUT2D eigenvalue weighted by Gasteiger charge is -2.31. The van der Waals surface area contributed by atoms with E-state index >= 15 is 0 Å². The Morgan fingerprint density at radius 1 is 1.04 bits per heavy atom. The highest BCUT2D eigenvalue weighted by Gasteiger charge is 2.25. The van der Waals surface area contributed by atoms with E-state index in [1.54, 1.807) is 12.3 Å². The minimum atomic E-state index is 0.191. The van der Waals surface area contributed by atoms with Crippen LogP contribution in [0.1, 0.15) is 43.6 Å².